The number of anilines is 3. The highest BCUT2D eigenvalue weighted by molar-refractivity contribution is 7.12. The Morgan fingerprint density at radius 1 is 1.21 bits per heavy atom. The number of aromatic nitrogens is 2. The van der Waals surface area contributed by atoms with Crippen molar-refractivity contribution in [1.29, 1.82) is 0 Å². The van der Waals surface area contributed by atoms with Crippen molar-refractivity contribution in [2.75, 3.05) is 23.4 Å². The largest absolute Gasteiger partial charge is 0.373 e. The van der Waals surface area contributed by atoms with Crippen LogP contribution in [0.5, 0.6) is 0 Å². The van der Waals surface area contributed by atoms with Crippen molar-refractivity contribution >= 4 is 28.9 Å². The van der Waals surface area contributed by atoms with Crippen LogP contribution < -0.4 is 16.4 Å². The monoisotopic (exact) mass is 277 g/mol. The third-order valence-electron chi connectivity index (χ3n) is 2.91. The Hall–Kier alpha value is -1.82. The molecule has 0 amide bonds. The Morgan fingerprint density at radius 3 is 2.47 bits per heavy atom. The number of nitrogens with one attached hydrogen (secondary N) is 2. The van der Waals surface area contributed by atoms with Gasteiger partial charge in [0.05, 0.1) is 6.04 Å². The molecule has 19 heavy (non-hydrogen) atoms. The maximum atomic E-state index is 5.68. The van der Waals surface area contributed by atoms with Crippen LogP contribution in [0.25, 0.3) is 0 Å². The molecule has 0 aliphatic rings. The molecule has 6 heteroatoms. The second kappa shape index (κ2) is 5.44. The third-order valence-corrected chi connectivity index (χ3v) is 3.89. The average Bonchev–Trinajstić information content (AvgIpc) is 2.67. The lowest BCUT2D eigenvalue weighted by Crippen LogP contribution is -2.10. The summed E-state index contributed by atoms with van der Waals surface area (Å²) in [6.07, 6.45) is 0. The molecule has 4 N–H and O–H groups in total. The summed E-state index contributed by atoms with van der Waals surface area (Å²) in [5.74, 6) is 1.70. The van der Waals surface area contributed by atoms with Gasteiger partial charge in [0, 0.05) is 22.9 Å². The number of hydrogen-bond donors (Lipinski definition) is 3. The van der Waals surface area contributed by atoms with Crippen LogP contribution in [0, 0.1) is 13.8 Å². The van der Waals surface area contributed by atoms with Gasteiger partial charge < -0.3 is 16.4 Å². The van der Waals surface area contributed by atoms with Gasteiger partial charge in [-0.25, -0.2) is 0 Å². The van der Waals surface area contributed by atoms with Crippen LogP contribution in [-0.2, 0) is 0 Å². The van der Waals surface area contributed by atoms with Crippen molar-refractivity contribution in [3.8, 4) is 0 Å². The highest BCUT2D eigenvalue weighted by atomic mass is 32.1. The summed E-state index contributed by atoms with van der Waals surface area (Å²) in [5.41, 5.74) is 6.98. The molecule has 0 fully saturated rings. The van der Waals surface area contributed by atoms with Crippen molar-refractivity contribution in [1.82, 2.24) is 9.97 Å². The Balaban J connectivity index is 2.21. The van der Waals surface area contributed by atoms with Gasteiger partial charge in [-0.2, -0.15) is 9.97 Å². The SMILES string of the molecule is CNc1cc(NC(C)c2cc(C)sc2C)nc(N)n1. The molecule has 0 spiro atoms. The number of rotatable bonds is 4. The number of thiophene rings is 1. The molecule has 2 heterocycles. The molecule has 2 aromatic rings. The molecule has 2 aromatic heterocycles. The van der Waals surface area contributed by atoms with E-state index < -0.39 is 0 Å². The van der Waals surface area contributed by atoms with Crippen molar-refractivity contribution in [3.05, 3.63) is 27.5 Å². The normalized spacial score (nSPS) is 12.2. The van der Waals surface area contributed by atoms with Gasteiger partial charge in [-0.15, -0.1) is 11.3 Å². The predicted octanol–water partition coefficient (Wildman–Crippen LogP) is 2.95. The van der Waals surface area contributed by atoms with Crippen LogP contribution >= 0.6 is 11.3 Å². The Kier molecular flexibility index (Phi) is 3.90. The van der Waals surface area contributed by atoms with E-state index in [0.717, 1.165) is 5.82 Å². The fourth-order valence-corrected chi connectivity index (χ4v) is 3.07. The van der Waals surface area contributed by atoms with E-state index in [1.807, 2.05) is 17.4 Å². The molecule has 102 valence electrons. The van der Waals surface area contributed by atoms with E-state index in [1.54, 1.807) is 7.05 Å². The summed E-state index contributed by atoms with van der Waals surface area (Å²) in [6, 6.07) is 4.24. The van der Waals surface area contributed by atoms with Crippen LogP contribution in [0.2, 0.25) is 0 Å². The number of nitrogens with zero attached hydrogens (tertiary/aromatic N) is 2. The fraction of sp³-hybridized carbons (Fsp3) is 0.385. The maximum Gasteiger partial charge on any atom is 0.223 e. The van der Waals surface area contributed by atoms with Gasteiger partial charge in [-0.3, -0.25) is 0 Å². The molecule has 5 nitrogen and oxygen atoms in total. The standard InChI is InChI=1S/C13H19N5S/c1-7-5-10(9(3)19-7)8(2)16-12-6-11(15-4)17-13(14)18-12/h5-6,8H,1-4H3,(H4,14,15,16,17,18). The lowest BCUT2D eigenvalue weighted by atomic mass is 10.1. The highest BCUT2D eigenvalue weighted by Gasteiger charge is 2.12. The topological polar surface area (TPSA) is 75.9 Å². The molecular formula is C13H19N5S. The van der Waals surface area contributed by atoms with E-state index in [2.05, 4.69) is 47.4 Å². The second-order valence-corrected chi connectivity index (χ2v) is 5.94. The molecule has 0 saturated heterocycles. The summed E-state index contributed by atoms with van der Waals surface area (Å²) in [7, 11) is 1.81. The van der Waals surface area contributed by atoms with Gasteiger partial charge in [0.25, 0.3) is 0 Å². The molecule has 0 saturated carbocycles. The summed E-state index contributed by atoms with van der Waals surface area (Å²) < 4.78 is 0. The third kappa shape index (κ3) is 3.14. The minimum atomic E-state index is 0.184. The first kappa shape index (κ1) is 13.6. The number of hydrogen-bond acceptors (Lipinski definition) is 6. The summed E-state index contributed by atoms with van der Waals surface area (Å²) in [5, 5.41) is 6.33. The van der Waals surface area contributed by atoms with E-state index in [0.29, 0.717) is 5.82 Å². The minimum Gasteiger partial charge on any atom is -0.373 e. The molecule has 1 unspecified atom stereocenters. The smallest absolute Gasteiger partial charge is 0.223 e. The van der Waals surface area contributed by atoms with Crippen molar-refractivity contribution < 1.29 is 0 Å². The van der Waals surface area contributed by atoms with Gasteiger partial charge >= 0.3 is 0 Å². The zero-order valence-corrected chi connectivity index (χ0v) is 12.4. The minimum absolute atomic E-state index is 0.184. The summed E-state index contributed by atoms with van der Waals surface area (Å²) in [4.78, 5) is 10.9. The van der Waals surface area contributed by atoms with E-state index in [-0.39, 0.29) is 12.0 Å². The van der Waals surface area contributed by atoms with E-state index in [9.17, 15) is 0 Å². The van der Waals surface area contributed by atoms with Crippen molar-refractivity contribution in [3.63, 3.8) is 0 Å². The zero-order valence-electron chi connectivity index (χ0n) is 11.6. The van der Waals surface area contributed by atoms with Crippen LogP contribution in [0.3, 0.4) is 0 Å². The first-order chi connectivity index (χ1) is 8.99. The van der Waals surface area contributed by atoms with Gasteiger partial charge in [0.1, 0.15) is 11.6 Å². The molecule has 2 rings (SSSR count). The van der Waals surface area contributed by atoms with E-state index >= 15 is 0 Å². The fourth-order valence-electron chi connectivity index (χ4n) is 2.05. The first-order valence-electron chi connectivity index (χ1n) is 6.15. The van der Waals surface area contributed by atoms with Crippen LogP contribution in [0.4, 0.5) is 17.6 Å². The average molecular weight is 277 g/mol. The van der Waals surface area contributed by atoms with Gasteiger partial charge in [0.15, 0.2) is 0 Å². The van der Waals surface area contributed by atoms with Gasteiger partial charge in [0.2, 0.25) is 5.95 Å². The van der Waals surface area contributed by atoms with E-state index in [1.165, 1.54) is 15.3 Å². The molecule has 0 radical (unpaired) electrons. The summed E-state index contributed by atoms with van der Waals surface area (Å²) >= 11 is 1.81. The van der Waals surface area contributed by atoms with Crippen LogP contribution in [0.15, 0.2) is 12.1 Å². The van der Waals surface area contributed by atoms with Gasteiger partial charge in [-0.1, -0.05) is 0 Å². The van der Waals surface area contributed by atoms with E-state index in [4.69, 9.17) is 5.73 Å². The van der Waals surface area contributed by atoms with Crippen molar-refractivity contribution in [2.24, 2.45) is 0 Å². The zero-order chi connectivity index (χ0) is 14.0. The van der Waals surface area contributed by atoms with Crippen LogP contribution in [0.1, 0.15) is 28.3 Å². The van der Waals surface area contributed by atoms with Crippen LogP contribution in [-0.4, -0.2) is 17.0 Å². The maximum absolute atomic E-state index is 5.68. The Bertz CT molecular complexity index is 578. The number of nitrogens with two attached hydrogens (primary N) is 1. The molecule has 0 aliphatic carbocycles. The number of nitrogen functional groups attached to an aromatic ring is 1. The first-order valence-corrected chi connectivity index (χ1v) is 6.97. The molecule has 1 atom stereocenters. The summed E-state index contributed by atoms with van der Waals surface area (Å²) in [6.45, 7) is 6.38. The Labute approximate surface area is 117 Å². The van der Waals surface area contributed by atoms with Gasteiger partial charge in [-0.05, 0) is 32.4 Å². The second-order valence-electron chi connectivity index (χ2n) is 4.48. The predicted molar refractivity (Wildman–Crippen MR) is 81.8 cm³/mol. The lowest BCUT2D eigenvalue weighted by molar-refractivity contribution is 0.870. The molecule has 0 aliphatic heterocycles. The Morgan fingerprint density at radius 2 is 1.89 bits per heavy atom. The highest BCUT2D eigenvalue weighted by Crippen LogP contribution is 2.28. The molecule has 0 aromatic carbocycles. The molecule has 0 bridgehead atoms. The van der Waals surface area contributed by atoms with Crippen molar-refractivity contribution in [2.45, 2.75) is 26.8 Å². The number of aryl methyl sites for hydroxylation is 2. The lowest BCUT2D eigenvalue weighted by Gasteiger charge is -2.15. The molecular weight excluding hydrogens is 258 g/mol. The quantitative estimate of drug-likeness (QED) is 0.801.